The molecule has 0 aromatic heterocycles. The fourth-order valence-electron chi connectivity index (χ4n) is 2.81. The molecule has 27 heavy (non-hydrogen) atoms. The number of rotatable bonds is 9. The van der Waals surface area contributed by atoms with Crippen LogP contribution in [0.4, 0.5) is 0 Å². The van der Waals surface area contributed by atoms with Gasteiger partial charge in [0.15, 0.2) is 17.5 Å². The summed E-state index contributed by atoms with van der Waals surface area (Å²) >= 11 is 0. The van der Waals surface area contributed by atoms with Crippen LogP contribution in [0.15, 0.2) is 47.5 Å². The lowest BCUT2D eigenvalue weighted by molar-refractivity contribution is 0.354. The van der Waals surface area contributed by atoms with Gasteiger partial charge in [-0.3, -0.25) is 4.99 Å². The molecule has 0 saturated heterocycles. The lowest BCUT2D eigenvalue weighted by atomic mass is 10.1. The second kappa shape index (κ2) is 11.0. The molecule has 0 saturated carbocycles. The highest BCUT2D eigenvalue weighted by Crippen LogP contribution is 2.27. The SMILES string of the molecule is CN=C(NCCc1ccc(OC)c(OC)c1)NCCc1ccccc1OC. The molecule has 0 aliphatic carbocycles. The third-order valence-electron chi connectivity index (χ3n) is 4.26. The molecule has 0 aliphatic rings. The monoisotopic (exact) mass is 371 g/mol. The van der Waals surface area contributed by atoms with Crippen LogP contribution in [-0.2, 0) is 12.8 Å². The predicted octanol–water partition coefficient (Wildman–Crippen LogP) is 2.66. The molecule has 2 aromatic rings. The van der Waals surface area contributed by atoms with Gasteiger partial charge in [-0.2, -0.15) is 0 Å². The number of hydrogen-bond donors (Lipinski definition) is 2. The van der Waals surface area contributed by atoms with Crippen molar-refractivity contribution in [2.75, 3.05) is 41.5 Å². The Balaban J connectivity index is 1.79. The maximum atomic E-state index is 5.39. The second-order valence-electron chi connectivity index (χ2n) is 5.93. The Kier molecular flexibility index (Phi) is 8.29. The summed E-state index contributed by atoms with van der Waals surface area (Å²) in [5.41, 5.74) is 2.35. The highest BCUT2D eigenvalue weighted by molar-refractivity contribution is 5.79. The maximum absolute atomic E-state index is 5.39. The molecule has 0 heterocycles. The van der Waals surface area contributed by atoms with Crippen LogP contribution < -0.4 is 24.8 Å². The Labute approximate surface area is 161 Å². The van der Waals surface area contributed by atoms with Crippen molar-refractivity contribution in [1.82, 2.24) is 10.6 Å². The zero-order valence-corrected chi connectivity index (χ0v) is 16.5. The van der Waals surface area contributed by atoms with E-state index in [0.717, 1.165) is 49.1 Å². The molecule has 2 aromatic carbocycles. The zero-order chi connectivity index (χ0) is 19.5. The fraction of sp³-hybridized carbons (Fsp3) is 0.381. The lowest BCUT2D eigenvalue weighted by Crippen LogP contribution is -2.39. The average molecular weight is 371 g/mol. The Hall–Kier alpha value is -2.89. The van der Waals surface area contributed by atoms with E-state index in [1.54, 1.807) is 28.4 Å². The molecule has 146 valence electrons. The van der Waals surface area contributed by atoms with E-state index in [-0.39, 0.29) is 0 Å². The molecule has 6 heteroatoms. The molecule has 2 rings (SSSR count). The molecule has 0 bridgehead atoms. The maximum Gasteiger partial charge on any atom is 0.190 e. The van der Waals surface area contributed by atoms with Gasteiger partial charge in [-0.25, -0.2) is 0 Å². The molecule has 6 nitrogen and oxygen atoms in total. The Morgan fingerprint density at radius 1 is 0.815 bits per heavy atom. The normalized spacial score (nSPS) is 11.0. The van der Waals surface area contributed by atoms with E-state index in [1.165, 1.54) is 11.1 Å². The number of guanidine groups is 1. The minimum atomic E-state index is 0.739. The average Bonchev–Trinajstić information content (AvgIpc) is 2.72. The van der Waals surface area contributed by atoms with Gasteiger partial charge in [-0.1, -0.05) is 24.3 Å². The molecular weight excluding hydrogens is 342 g/mol. The van der Waals surface area contributed by atoms with Crippen LogP contribution in [0.25, 0.3) is 0 Å². The first-order valence-electron chi connectivity index (χ1n) is 8.99. The summed E-state index contributed by atoms with van der Waals surface area (Å²) in [5, 5.41) is 6.67. The predicted molar refractivity (Wildman–Crippen MR) is 109 cm³/mol. The minimum absolute atomic E-state index is 0.739. The highest BCUT2D eigenvalue weighted by Gasteiger charge is 2.05. The van der Waals surface area contributed by atoms with E-state index in [1.807, 2.05) is 36.4 Å². The Morgan fingerprint density at radius 3 is 2.15 bits per heavy atom. The number of nitrogens with zero attached hydrogens (tertiary/aromatic N) is 1. The first-order chi connectivity index (χ1) is 13.2. The van der Waals surface area contributed by atoms with Gasteiger partial charge in [0.25, 0.3) is 0 Å². The number of methoxy groups -OCH3 is 3. The van der Waals surface area contributed by atoms with Gasteiger partial charge in [0.05, 0.1) is 21.3 Å². The number of para-hydroxylation sites is 1. The van der Waals surface area contributed by atoms with E-state index in [2.05, 4.69) is 21.7 Å². The van der Waals surface area contributed by atoms with Crippen molar-refractivity contribution in [3.63, 3.8) is 0 Å². The van der Waals surface area contributed by atoms with Gasteiger partial charge in [0, 0.05) is 20.1 Å². The molecule has 0 fully saturated rings. The molecule has 0 aliphatic heterocycles. The molecule has 0 amide bonds. The van der Waals surface area contributed by atoms with Gasteiger partial charge in [-0.05, 0) is 42.2 Å². The number of ether oxygens (including phenoxy) is 3. The standard InChI is InChI=1S/C21H29N3O3/c1-22-21(24-14-12-17-7-5-6-8-18(17)25-2)23-13-11-16-9-10-19(26-3)20(15-16)27-4/h5-10,15H,11-14H2,1-4H3,(H2,22,23,24). The molecule has 0 unspecified atom stereocenters. The van der Waals surface area contributed by atoms with Crippen LogP contribution in [-0.4, -0.2) is 47.4 Å². The zero-order valence-electron chi connectivity index (χ0n) is 16.5. The topological polar surface area (TPSA) is 64.1 Å². The number of benzene rings is 2. The summed E-state index contributed by atoms with van der Waals surface area (Å²) in [6.45, 7) is 1.54. The van der Waals surface area contributed by atoms with Crippen LogP contribution in [0.2, 0.25) is 0 Å². The largest absolute Gasteiger partial charge is 0.496 e. The summed E-state index contributed by atoms with van der Waals surface area (Å²) in [4.78, 5) is 4.27. The Morgan fingerprint density at radius 2 is 1.48 bits per heavy atom. The van der Waals surface area contributed by atoms with Crippen LogP contribution in [0.5, 0.6) is 17.2 Å². The van der Waals surface area contributed by atoms with Crippen molar-refractivity contribution in [3.8, 4) is 17.2 Å². The summed E-state index contributed by atoms with van der Waals surface area (Å²) in [5.74, 6) is 3.18. The molecule has 2 N–H and O–H groups in total. The van der Waals surface area contributed by atoms with Crippen molar-refractivity contribution in [2.24, 2.45) is 4.99 Å². The van der Waals surface area contributed by atoms with Crippen LogP contribution >= 0.6 is 0 Å². The van der Waals surface area contributed by atoms with E-state index in [9.17, 15) is 0 Å². The van der Waals surface area contributed by atoms with E-state index in [4.69, 9.17) is 14.2 Å². The van der Waals surface area contributed by atoms with Crippen LogP contribution in [0.3, 0.4) is 0 Å². The van der Waals surface area contributed by atoms with Gasteiger partial charge in [0.2, 0.25) is 0 Å². The van der Waals surface area contributed by atoms with Crippen molar-refractivity contribution >= 4 is 5.96 Å². The molecular formula is C21H29N3O3. The van der Waals surface area contributed by atoms with Gasteiger partial charge in [0.1, 0.15) is 5.75 Å². The summed E-state index contributed by atoms with van der Waals surface area (Å²) in [6, 6.07) is 14.0. The third-order valence-corrected chi connectivity index (χ3v) is 4.26. The van der Waals surface area contributed by atoms with E-state index in [0.29, 0.717) is 0 Å². The quantitative estimate of drug-likeness (QED) is 0.524. The molecule has 0 spiro atoms. The molecule has 0 atom stereocenters. The summed E-state index contributed by atoms with van der Waals surface area (Å²) in [6.07, 6.45) is 1.72. The van der Waals surface area contributed by atoms with Gasteiger partial charge in [-0.15, -0.1) is 0 Å². The fourth-order valence-corrected chi connectivity index (χ4v) is 2.81. The van der Waals surface area contributed by atoms with Crippen molar-refractivity contribution in [2.45, 2.75) is 12.8 Å². The molecule has 0 radical (unpaired) electrons. The number of nitrogens with one attached hydrogen (secondary N) is 2. The number of hydrogen-bond acceptors (Lipinski definition) is 4. The van der Waals surface area contributed by atoms with Gasteiger partial charge < -0.3 is 24.8 Å². The highest BCUT2D eigenvalue weighted by atomic mass is 16.5. The van der Waals surface area contributed by atoms with Crippen LogP contribution in [0.1, 0.15) is 11.1 Å². The van der Waals surface area contributed by atoms with Gasteiger partial charge >= 0.3 is 0 Å². The lowest BCUT2D eigenvalue weighted by Gasteiger charge is -2.14. The van der Waals surface area contributed by atoms with Crippen molar-refractivity contribution in [1.29, 1.82) is 0 Å². The number of aliphatic imine (C=N–C) groups is 1. The van der Waals surface area contributed by atoms with E-state index < -0.39 is 0 Å². The second-order valence-corrected chi connectivity index (χ2v) is 5.93. The van der Waals surface area contributed by atoms with E-state index >= 15 is 0 Å². The van der Waals surface area contributed by atoms with Crippen molar-refractivity contribution in [3.05, 3.63) is 53.6 Å². The minimum Gasteiger partial charge on any atom is -0.496 e. The first kappa shape index (κ1) is 20.4. The summed E-state index contributed by atoms with van der Waals surface area (Å²) < 4.78 is 16.0. The first-order valence-corrected chi connectivity index (χ1v) is 8.99. The third kappa shape index (κ3) is 6.09. The Bertz CT molecular complexity index is 747. The van der Waals surface area contributed by atoms with Crippen LogP contribution in [0, 0.1) is 0 Å². The smallest absolute Gasteiger partial charge is 0.190 e. The van der Waals surface area contributed by atoms with Crippen molar-refractivity contribution < 1.29 is 14.2 Å². The summed E-state index contributed by atoms with van der Waals surface area (Å²) in [7, 11) is 6.75.